The number of nitrogens with one attached hydrogen (secondary N) is 3. The number of carbonyl (C=O) groups excluding carboxylic acids is 2. The van der Waals surface area contributed by atoms with E-state index in [1.54, 1.807) is 24.3 Å². The van der Waals surface area contributed by atoms with Gasteiger partial charge in [0.1, 0.15) is 11.5 Å². The first-order chi connectivity index (χ1) is 23.2. The topological polar surface area (TPSA) is 108 Å². The van der Waals surface area contributed by atoms with Crippen LogP contribution in [0.3, 0.4) is 0 Å². The van der Waals surface area contributed by atoms with Gasteiger partial charge in [0.05, 0.1) is 5.52 Å². The number of urea groups is 1. The van der Waals surface area contributed by atoms with Gasteiger partial charge in [-0.15, -0.1) is 0 Å². The average Bonchev–Trinajstić information content (AvgIpc) is 3.44. The Balaban J connectivity index is 1.09. The maximum Gasteiger partial charge on any atom is 0.319 e. The number of aryl methyl sites for hydroxylation is 1. The van der Waals surface area contributed by atoms with Gasteiger partial charge in [-0.25, -0.2) is 4.79 Å². The molecule has 0 aliphatic carbocycles. The highest BCUT2D eigenvalue weighted by molar-refractivity contribution is 6.04. The number of aromatic nitrogens is 1. The Bertz CT molecular complexity index is 1880. The van der Waals surface area contributed by atoms with Gasteiger partial charge >= 0.3 is 6.03 Å². The predicted molar refractivity (Wildman–Crippen MR) is 191 cm³/mol. The highest BCUT2D eigenvalue weighted by atomic mass is 16.5. The number of para-hydroxylation sites is 1. The molecule has 248 valence electrons. The number of aliphatic hydroxyl groups excluding tert-OH is 1. The minimum atomic E-state index is -0.256. The van der Waals surface area contributed by atoms with Crippen LogP contribution in [0.2, 0.25) is 0 Å². The van der Waals surface area contributed by atoms with Gasteiger partial charge in [-0.05, 0) is 130 Å². The van der Waals surface area contributed by atoms with E-state index >= 15 is 0 Å². The van der Waals surface area contributed by atoms with E-state index in [2.05, 4.69) is 55.9 Å². The number of ether oxygens (including phenoxy) is 1. The molecule has 0 bridgehead atoms. The third kappa shape index (κ3) is 7.87. The highest BCUT2D eigenvalue weighted by Crippen LogP contribution is 2.30. The van der Waals surface area contributed by atoms with Crippen LogP contribution in [-0.2, 0) is 6.54 Å². The summed E-state index contributed by atoms with van der Waals surface area (Å²) in [6.45, 7) is 8.78. The number of piperidine rings is 1. The first-order valence-electron chi connectivity index (χ1n) is 16.6. The molecule has 1 unspecified atom stereocenters. The predicted octanol–water partition coefficient (Wildman–Crippen LogP) is 7.72. The molecular weight excluding hydrogens is 602 g/mol. The van der Waals surface area contributed by atoms with E-state index < -0.39 is 0 Å². The molecule has 1 aromatic heterocycles. The number of aliphatic hydroxyl groups is 1. The highest BCUT2D eigenvalue weighted by Gasteiger charge is 2.21. The van der Waals surface area contributed by atoms with Crippen molar-refractivity contribution in [1.29, 1.82) is 0 Å². The summed E-state index contributed by atoms with van der Waals surface area (Å²) in [5.41, 5.74) is 6.14. The van der Waals surface area contributed by atoms with Crippen LogP contribution in [0.4, 0.5) is 16.2 Å². The second-order valence-electron chi connectivity index (χ2n) is 12.8. The van der Waals surface area contributed by atoms with Crippen LogP contribution in [0, 0.1) is 12.8 Å². The van der Waals surface area contributed by atoms with E-state index in [9.17, 15) is 14.7 Å². The molecule has 9 heteroatoms. The summed E-state index contributed by atoms with van der Waals surface area (Å²) in [6.07, 6.45) is 4.40. The Labute approximate surface area is 281 Å². The molecule has 1 fully saturated rings. The van der Waals surface area contributed by atoms with Gasteiger partial charge in [-0.1, -0.05) is 18.2 Å². The van der Waals surface area contributed by atoms with Crippen molar-refractivity contribution in [2.24, 2.45) is 5.92 Å². The Morgan fingerprint density at radius 3 is 2.42 bits per heavy atom. The fraction of sp³-hybridized carbons (Fsp3) is 0.282. The molecule has 9 nitrogen and oxygen atoms in total. The van der Waals surface area contributed by atoms with E-state index in [1.807, 2.05) is 63.2 Å². The van der Waals surface area contributed by atoms with Gasteiger partial charge in [-0.3, -0.25) is 9.69 Å². The van der Waals surface area contributed by atoms with Gasteiger partial charge in [0.15, 0.2) is 0 Å². The largest absolute Gasteiger partial charge is 0.457 e. The van der Waals surface area contributed by atoms with E-state index in [4.69, 9.17) is 4.74 Å². The lowest BCUT2D eigenvalue weighted by Gasteiger charge is -2.31. The van der Waals surface area contributed by atoms with Crippen molar-refractivity contribution in [3.63, 3.8) is 0 Å². The number of likely N-dealkylation sites (tertiary alicyclic amines) is 1. The molecule has 2 heterocycles. The summed E-state index contributed by atoms with van der Waals surface area (Å²) < 4.78 is 8.25. The van der Waals surface area contributed by atoms with Crippen molar-refractivity contribution in [3.05, 3.63) is 114 Å². The molecule has 4 aromatic carbocycles. The van der Waals surface area contributed by atoms with Gasteiger partial charge in [-0.2, -0.15) is 0 Å². The van der Waals surface area contributed by atoms with Gasteiger partial charge in [0.2, 0.25) is 0 Å². The molecule has 4 N–H and O–H groups in total. The van der Waals surface area contributed by atoms with Crippen LogP contribution in [0.25, 0.3) is 16.6 Å². The maximum absolute atomic E-state index is 13.2. The molecule has 3 amide bonds. The van der Waals surface area contributed by atoms with Gasteiger partial charge in [0, 0.05) is 59.9 Å². The summed E-state index contributed by atoms with van der Waals surface area (Å²) in [6, 6.07) is 28.6. The number of hydrogen-bond acceptors (Lipinski definition) is 5. The zero-order valence-corrected chi connectivity index (χ0v) is 27.7. The van der Waals surface area contributed by atoms with Gasteiger partial charge < -0.3 is 30.4 Å². The minimum absolute atomic E-state index is 0.0477. The number of fused-ring (bicyclic) bond motifs is 1. The van der Waals surface area contributed by atoms with Crippen molar-refractivity contribution in [1.82, 2.24) is 14.8 Å². The van der Waals surface area contributed by atoms with Crippen LogP contribution >= 0.6 is 0 Å². The molecule has 1 saturated heterocycles. The van der Waals surface area contributed by atoms with Crippen LogP contribution < -0.4 is 20.7 Å². The average molecular weight is 646 g/mol. The van der Waals surface area contributed by atoms with Gasteiger partial charge in [0.25, 0.3) is 5.91 Å². The number of carbonyl (C=O) groups is 2. The first-order valence-corrected chi connectivity index (χ1v) is 16.6. The number of hydrogen-bond donors (Lipinski definition) is 4. The Hall–Kier alpha value is -5.12. The molecule has 1 aliphatic heterocycles. The summed E-state index contributed by atoms with van der Waals surface area (Å²) >= 11 is 0. The molecule has 5 aromatic rings. The quantitative estimate of drug-likeness (QED) is 0.124. The Morgan fingerprint density at radius 2 is 1.69 bits per heavy atom. The van der Waals surface area contributed by atoms with Crippen molar-refractivity contribution in [2.75, 3.05) is 30.3 Å². The lowest BCUT2D eigenvalue weighted by atomic mass is 9.98. The zero-order chi connectivity index (χ0) is 33.6. The molecule has 0 saturated carbocycles. The number of anilines is 2. The fourth-order valence-corrected chi connectivity index (χ4v) is 6.26. The number of rotatable bonds is 10. The molecule has 0 radical (unpaired) electrons. The third-order valence-electron chi connectivity index (χ3n) is 8.65. The van der Waals surface area contributed by atoms with E-state index in [-0.39, 0.29) is 24.6 Å². The molecule has 1 aliphatic rings. The third-order valence-corrected chi connectivity index (χ3v) is 8.65. The summed E-state index contributed by atoms with van der Waals surface area (Å²) in [7, 11) is 0. The molecule has 6 rings (SSSR count). The van der Waals surface area contributed by atoms with Crippen LogP contribution in [0.15, 0.2) is 97.2 Å². The van der Waals surface area contributed by atoms with Crippen LogP contribution in [0.5, 0.6) is 11.5 Å². The summed E-state index contributed by atoms with van der Waals surface area (Å²) in [4.78, 5) is 27.6. The normalized spacial score (nSPS) is 15.0. The van der Waals surface area contributed by atoms with Crippen LogP contribution in [-0.4, -0.2) is 52.3 Å². The number of nitrogens with zero attached hydrogens (tertiary/aromatic N) is 2. The molecular formula is C39H43N5O4. The fourth-order valence-electron chi connectivity index (χ4n) is 6.26. The number of amides is 3. The first kappa shape index (κ1) is 32.8. The van der Waals surface area contributed by atoms with Crippen molar-refractivity contribution in [3.8, 4) is 17.2 Å². The van der Waals surface area contributed by atoms with Crippen molar-refractivity contribution < 1.29 is 19.4 Å². The molecule has 48 heavy (non-hydrogen) atoms. The maximum atomic E-state index is 13.2. The summed E-state index contributed by atoms with van der Waals surface area (Å²) in [5.74, 6) is 1.46. The standard InChI is InChI=1S/C39H43N5O4/c1-26(2)40-39(47)42-31-12-17-34(18-13-31)48-37-19-14-32(21-27(37)3)41-38(46)29-10-15-33(16-11-29)44-24-30(35-8-4-5-9-36(35)44)23-43-20-6-7-28(22-43)25-45/h4-5,8-19,21,24,26,28,45H,6-7,20,22-23,25H2,1-3H3,(H,41,46)(H2,40,42,47). The van der Waals surface area contributed by atoms with E-state index in [0.717, 1.165) is 49.2 Å². The summed E-state index contributed by atoms with van der Waals surface area (Å²) in [5, 5.41) is 19.5. The minimum Gasteiger partial charge on any atom is -0.457 e. The lowest BCUT2D eigenvalue weighted by molar-refractivity contribution is 0.102. The second kappa shape index (κ2) is 14.8. The van der Waals surface area contributed by atoms with E-state index in [1.165, 1.54) is 10.9 Å². The van der Waals surface area contributed by atoms with Crippen molar-refractivity contribution >= 4 is 34.2 Å². The smallest absolute Gasteiger partial charge is 0.319 e. The number of benzene rings is 4. The Morgan fingerprint density at radius 1 is 0.938 bits per heavy atom. The van der Waals surface area contributed by atoms with Crippen LogP contribution in [0.1, 0.15) is 48.2 Å². The SMILES string of the molecule is Cc1cc(NC(=O)c2ccc(-n3cc(CN4CCCC(CO)C4)c4ccccc43)cc2)ccc1Oc1ccc(NC(=O)NC(C)C)cc1. The molecule has 1 atom stereocenters. The molecule has 0 spiro atoms. The Kier molecular flexibility index (Phi) is 10.1. The lowest BCUT2D eigenvalue weighted by Crippen LogP contribution is -2.36. The monoisotopic (exact) mass is 645 g/mol. The zero-order valence-electron chi connectivity index (χ0n) is 27.7. The van der Waals surface area contributed by atoms with E-state index in [0.29, 0.717) is 34.4 Å². The second-order valence-corrected chi connectivity index (χ2v) is 12.8. The van der Waals surface area contributed by atoms with Crippen molar-refractivity contribution in [2.45, 2.75) is 46.2 Å².